The lowest BCUT2D eigenvalue weighted by molar-refractivity contribution is -0.118. The van der Waals surface area contributed by atoms with Gasteiger partial charge in [-0.15, -0.1) is 11.3 Å². The first-order valence-corrected chi connectivity index (χ1v) is 12.3. The van der Waals surface area contributed by atoms with Crippen LogP contribution in [0.15, 0.2) is 6.07 Å². The first-order chi connectivity index (χ1) is 14.5. The van der Waals surface area contributed by atoms with Gasteiger partial charge in [0.05, 0.1) is 19.2 Å². The molecule has 4 aliphatic carbocycles. The van der Waals surface area contributed by atoms with Gasteiger partial charge in [0.15, 0.2) is 0 Å². The van der Waals surface area contributed by atoms with E-state index in [-0.39, 0.29) is 5.91 Å². The summed E-state index contributed by atoms with van der Waals surface area (Å²) in [4.78, 5) is 30.5. The molecule has 1 aromatic rings. The van der Waals surface area contributed by atoms with Crippen molar-refractivity contribution in [2.45, 2.75) is 45.1 Å². The largest absolute Gasteiger partial charge is 0.465 e. The number of ether oxygens (including phenoxy) is 1. The molecule has 1 aliphatic heterocycles. The summed E-state index contributed by atoms with van der Waals surface area (Å²) >= 11 is 1.42. The zero-order valence-corrected chi connectivity index (χ0v) is 18.9. The molecule has 6 rings (SSSR count). The number of nitrogens with zero attached hydrogens (tertiary/aromatic N) is 2. The van der Waals surface area contributed by atoms with Gasteiger partial charge in [0.2, 0.25) is 5.91 Å². The highest BCUT2D eigenvalue weighted by molar-refractivity contribution is 7.16. The van der Waals surface area contributed by atoms with Crippen molar-refractivity contribution in [1.29, 1.82) is 0 Å². The number of rotatable bonds is 5. The molecule has 5 fully saturated rings. The fourth-order valence-corrected chi connectivity index (χ4v) is 7.87. The standard InChI is InChI=1S/C23H33N3O3S/c1-14-7-19(23(28)29-2)22(30-14)24-20(27)13-25-3-5-26(6-4-25)21-17-9-15-8-16(11-17)12-18(21)10-15/h7,15-18,21H,3-6,8-13H2,1-2H3,(H,24,27). The van der Waals surface area contributed by atoms with E-state index in [1.54, 1.807) is 6.07 Å². The lowest BCUT2D eigenvalue weighted by Crippen LogP contribution is -2.60. The Morgan fingerprint density at radius 1 is 1.07 bits per heavy atom. The second-order valence-electron chi connectivity index (χ2n) is 9.87. The summed E-state index contributed by atoms with van der Waals surface area (Å²) in [5, 5.41) is 3.53. The topological polar surface area (TPSA) is 61.9 Å². The number of hydrogen-bond donors (Lipinski definition) is 1. The van der Waals surface area contributed by atoms with Gasteiger partial charge >= 0.3 is 5.97 Å². The van der Waals surface area contributed by atoms with Crippen molar-refractivity contribution in [2.24, 2.45) is 23.7 Å². The molecule has 0 atom stereocenters. The smallest absolute Gasteiger partial charge is 0.340 e. The predicted octanol–water partition coefficient (Wildman–Crippen LogP) is 3.22. The molecule has 0 unspecified atom stereocenters. The molecular weight excluding hydrogens is 398 g/mol. The van der Waals surface area contributed by atoms with Crippen LogP contribution in [0.3, 0.4) is 0 Å². The molecule has 0 radical (unpaired) electrons. The lowest BCUT2D eigenvalue weighted by atomic mass is 9.54. The number of piperazine rings is 1. The minimum atomic E-state index is -0.404. The van der Waals surface area contributed by atoms with Crippen LogP contribution in [0.25, 0.3) is 0 Å². The van der Waals surface area contributed by atoms with E-state index in [1.807, 2.05) is 6.92 Å². The Labute approximate surface area is 182 Å². The molecule has 4 bridgehead atoms. The van der Waals surface area contributed by atoms with Gasteiger partial charge in [0, 0.05) is 37.1 Å². The van der Waals surface area contributed by atoms with Gasteiger partial charge in [0.25, 0.3) is 0 Å². The average Bonchev–Trinajstić information content (AvgIpc) is 3.07. The van der Waals surface area contributed by atoms with Crippen LogP contribution in [0.5, 0.6) is 0 Å². The molecule has 4 saturated carbocycles. The average molecular weight is 432 g/mol. The van der Waals surface area contributed by atoms with Gasteiger partial charge < -0.3 is 10.1 Å². The summed E-state index contributed by atoms with van der Waals surface area (Å²) in [6.07, 6.45) is 7.35. The molecule has 7 heteroatoms. The van der Waals surface area contributed by atoms with E-state index in [4.69, 9.17) is 4.74 Å². The number of aryl methyl sites for hydroxylation is 1. The molecule has 1 saturated heterocycles. The van der Waals surface area contributed by atoms with E-state index >= 15 is 0 Å². The van der Waals surface area contributed by atoms with Crippen LogP contribution in [0.4, 0.5) is 5.00 Å². The summed E-state index contributed by atoms with van der Waals surface area (Å²) in [7, 11) is 1.37. The molecule has 5 aliphatic rings. The van der Waals surface area contributed by atoms with Gasteiger partial charge in [0.1, 0.15) is 5.00 Å². The number of carbonyl (C=O) groups is 2. The summed E-state index contributed by atoms with van der Waals surface area (Å²) in [5.41, 5.74) is 0.444. The first kappa shape index (κ1) is 20.5. The Morgan fingerprint density at radius 3 is 2.30 bits per heavy atom. The number of esters is 1. The highest BCUT2D eigenvalue weighted by atomic mass is 32.1. The van der Waals surface area contributed by atoms with Crippen molar-refractivity contribution in [2.75, 3.05) is 45.2 Å². The highest BCUT2D eigenvalue weighted by Crippen LogP contribution is 2.55. The molecule has 164 valence electrons. The van der Waals surface area contributed by atoms with Crippen molar-refractivity contribution in [1.82, 2.24) is 9.80 Å². The molecule has 1 N–H and O–H groups in total. The zero-order valence-electron chi connectivity index (χ0n) is 18.1. The van der Waals surface area contributed by atoms with Gasteiger partial charge in [-0.3, -0.25) is 14.6 Å². The first-order valence-electron chi connectivity index (χ1n) is 11.4. The molecule has 30 heavy (non-hydrogen) atoms. The number of nitrogens with one attached hydrogen (secondary N) is 1. The minimum absolute atomic E-state index is 0.0509. The van der Waals surface area contributed by atoms with Crippen LogP contribution >= 0.6 is 11.3 Å². The Hall–Kier alpha value is -1.44. The van der Waals surface area contributed by atoms with E-state index < -0.39 is 5.97 Å². The third-order valence-corrected chi connectivity index (χ3v) is 8.85. The monoisotopic (exact) mass is 431 g/mol. The van der Waals surface area contributed by atoms with E-state index in [0.29, 0.717) is 17.1 Å². The van der Waals surface area contributed by atoms with Crippen molar-refractivity contribution in [3.8, 4) is 0 Å². The van der Waals surface area contributed by atoms with Crippen LogP contribution in [0, 0.1) is 30.6 Å². The molecule has 0 aromatic carbocycles. The molecule has 2 heterocycles. The third kappa shape index (κ3) is 3.92. The number of thiophene rings is 1. The quantitative estimate of drug-likeness (QED) is 0.726. The van der Waals surface area contributed by atoms with Gasteiger partial charge in [-0.25, -0.2) is 4.79 Å². The van der Waals surface area contributed by atoms with Crippen LogP contribution in [0.2, 0.25) is 0 Å². The zero-order chi connectivity index (χ0) is 20.8. The minimum Gasteiger partial charge on any atom is -0.465 e. The number of amides is 1. The maximum absolute atomic E-state index is 12.6. The number of carbonyl (C=O) groups excluding carboxylic acids is 2. The van der Waals surface area contributed by atoms with Crippen LogP contribution < -0.4 is 5.32 Å². The molecule has 1 aromatic heterocycles. The van der Waals surface area contributed by atoms with Crippen LogP contribution in [-0.2, 0) is 9.53 Å². The third-order valence-electron chi connectivity index (χ3n) is 7.89. The van der Waals surface area contributed by atoms with Crippen molar-refractivity contribution >= 4 is 28.2 Å². The van der Waals surface area contributed by atoms with Crippen LogP contribution in [0.1, 0.15) is 47.3 Å². The highest BCUT2D eigenvalue weighted by Gasteiger charge is 2.50. The Balaban J connectivity index is 1.14. The predicted molar refractivity (Wildman–Crippen MR) is 118 cm³/mol. The Kier molecular flexibility index (Phi) is 5.62. The van der Waals surface area contributed by atoms with Gasteiger partial charge in [-0.2, -0.15) is 0 Å². The molecule has 0 spiro atoms. The fourth-order valence-electron chi connectivity index (χ4n) is 6.95. The number of methoxy groups -OCH3 is 1. The van der Waals surface area contributed by atoms with Gasteiger partial charge in [-0.1, -0.05) is 0 Å². The van der Waals surface area contributed by atoms with Gasteiger partial charge in [-0.05, 0) is 68.8 Å². The SMILES string of the molecule is COC(=O)c1cc(C)sc1NC(=O)CN1CCN(C2C3CC4CC(C3)CC2C4)CC1. The van der Waals surface area contributed by atoms with Crippen molar-refractivity contribution in [3.05, 3.63) is 16.5 Å². The van der Waals surface area contributed by atoms with E-state index in [2.05, 4.69) is 15.1 Å². The summed E-state index contributed by atoms with van der Waals surface area (Å²) < 4.78 is 4.83. The van der Waals surface area contributed by atoms with E-state index in [1.165, 1.54) is 50.6 Å². The van der Waals surface area contributed by atoms with E-state index in [9.17, 15) is 9.59 Å². The number of anilines is 1. The molecule has 1 amide bonds. The molecule has 6 nitrogen and oxygen atoms in total. The maximum Gasteiger partial charge on any atom is 0.340 e. The second kappa shape index (κ2) is 8.24. The number of hydrogen-bond acceptors (Lipinski definition) is 6. The Bertz CT molecular complexity index is 787. The summed E-state index contributed by atoms with van der Waals surface area (Å²) in [5.74, 6) is 3.43. The van der Waals surface area contributed by atoms with Crippen LogP contribution in [-0.4, -0.2) is 67.6 Å². The molecular formula is C23H33N3O3S. The maximum atomic E-state index is 12.6. The normalized spacial score (nSPS) is 33.6. The fraction of sp³-hybridized carbons (Fsp3) is 0.739. The summed E-state index contributed by atoms with van der Waals surface area (Å²) in [6.45, 7) is 6.36. The summed E-state index contributed by atoms with van der Waals surface area (Å²) in [6, 6.07) is 2.57. The lowest BCUT2D eigenvalue weighted by Gasteiger charge is -2.58. The van der Waals surface area contributed by atoms with E-state index in [0.717, 1.165) is 60.8 Å². The second-order valence-corrected chi connectivity index (χ2v) is 11.1. The van der Waals surface area contributed by atoms with Crippen molar-refractivity contribution < 1.29 is 14.3 Å². The van der Waals surface area contributed by atoms with Crippen molar-refractivity contribution in [3.63, 3.8) is 0 Å². The Morgan fingerprint density at radius 2 is 1.70 bits per heavy atom.